The summed E-state index contributed by atoms with van der Waals surface area (Å²) in [4.78, 5) is 38.7. The summed E-state index contributed by atoms with van der Waals surface area (Å²) in [7, 11) is 0. The molecule has 1 fully saturated rings. The van der Waals surface area contributed by atoms with E-state index < -0.39 is 5.91 Å². The summed E-state index contributed by atoms with van der Waals surface area (Å²) in [5.74, 6) is 0.0483. The number of ether oxygens (including phenoxy) is 2. The van der Waals surface area contributed by atoms with E-state index in [9.17, 15) is 14.4 Å². The quantitative estimate of drug-likeness (QED) is 0.496. The average molecular weight is 470 g/mol. The molecule has 4 rings (SSSR count). The maximum atomic E-state index is 12.7. The Bertz CT molecular complexity index is 1130. The molecule has 1 saturated heterocycles. The highest BCUT2D eigenvalue weighted by atomic mass is 32.2. The zero-order chi connectivity index (χ0) is 22.7. The summed E-state index contributed by atoms with van der Waals surface area (Å²) >= 11 is 6.38. The van der Waals surface area contributed by atoms with Crippen LogP contribution < -0.4 is 20.1 Å². The first-order chi connectivity index (χ1) is 15.4. The minimum absolute atomic E-state index is 0.166. The summed E-state index contributed by atoms with van der Waals surface area (Å²) in [5.41, 5.74) is 2.47. The summed E-state index contributed by atoms with van der Waals surface area (Å²) in [6.07, 6.45) is 1.69. The molecular weight excluding hydrogens is 450 g/mol. The molecule has 164 valence electrons. The van der Waals surface area contributed by atoms with Crippen molar-refractivity contribution in [2.45, 2.75) is 6.92 Å². The van der Waals surface area contributed by atoms with E-state index in [1.54, 1.807) is 36.4 Å². The maximum absolute atomic E-state index is 12.7. The number of hydrogen-bond acceptors (Lipinski definition) is 7. The highest BCUT2D eigenvalue weighted by Crippen LogP contribution is 2.36. The molecule has 0 aromatic heterocycles. The van der Waals surface area contributed by atoms with Crippen LogP contribution in [-0.2, 0) is 14.4 Å². The number of nitrogens with zero attached hydrogens (tertiary/aromatic N) is 1. The predicted molar refractivity (Wildman–Crippen MR) is 125 cm³/mol. The van der Waals surface area contributed by atoms with Gasteiger partial charge in [0.25, 0.3) is 5.91 Å². The van der Waals surface area contributed by atoms with Gasteiger partial charge in [0.05, 0.1) is 11.4 Å². The molecule has 2 aromatic carbocycles. The second-order valence-electron chi connectivity index (χ2n) is 7.07. The highest BCUT2D eigenvalue weighted by molar-refractivity contribution is 8.26. The fourth-order valence-electron chi connectivity index (χ4n) is 3.01. The topological polar surface area (TPSA) is 97.0 Å². The van der Waals surface area contributed by atoms with Crippen molar-refractivity contribution in [1.29, 1.82) is 0 Å². The molecule has 2 aromatic rings. The summed E-state index contributed by atoms with van der Waals surface area (Å²) in [6.45, 7) is 1.64. The lowest BCUT2D eigenvalue weighted by molar-refractivity contribution is -0.129. The van der Waals surface area contributed by atoms with E-state index in [1.165, 1.54) is 4.90 Å². The van der Waals surface area contributed by atoms with Gasteiger partial charge in [0, 0.05) is 5.69 Å². The van der Waals surface area contributed by atoms with Gasteiger partial charge < -0.3 is 20.1 Å². The molecule has 0 saturated carbocycles. The molecule has 0 atom stereocenters. The molecular formula is C22H19N3O5S2. The molecule has 8 nitrogen and oxygen atoms in total. The molecule has 0 unspecified atom stereocenters. The highest BCUT2D eigenvalue weighted by Gasteiger charge is 2.33. The number of carbonyl (C=O) groups is 3. The molecule has 2 aliphatic heterocycles. The number of thioether (sulfide) groups is 1. The number of rotatable bonds is 6. The van der Waals surface area contributed by atoms with Crippen LogP contribution in [0.3, 0.4) is 0 Å². The first-order valence-electron chi connectivity index (χ1n) is 9.67. The Labute approximate surface area is 193 Å². The Morgan fingerprint density at radius 2 is 1.88 bits per heavy atom. The minimum Gasteiger partial charge on any atom is -0.454 e. The van der Waals surface area contributed by atoms with Crippen LogP contribution in [0.2, 0.25) is 0 Å². The Morgan fingerprint density at radius 3 is 2.66 bits per heavy atom. The molecule has 0 spiro atoms. The van der Waals surface area contributed by atoms with Crippen LogP contribution in [0, 0.1) is 6.92 Å². The smallest absolute Gasteiger partial charge is 0.266 e. The third-order valence-corrected chi connectivity index (χ3v) is 6.03. The largest absolute Gasteiger partial charge is 0.454 e. The summed E-state index contributed by atoms with van der Waals surface area (Å²) in [6, 6.07) is 12.7. The third-order valence-electron chi connectivity index (χ3n) is 4.65. The van der Waals surface area contributed by atoms with Crippen molar-refractivity contribution in [3.63, 3.8) is 0 Å². The first kappa shape index (κ1) is 21.8. The van der Waals surface area contributed by atoms with Crippen LogP contribution in [0.25, 0.3) is 6.08 Å². The van der Waals surface area contributed by atoms with Crippen molar-refractivity contribution >= 4 is 57.8 Å². The fourth-order valence-corrected chi connectivity index (χ4v) is 4.27. The monoisotopic (exact) mass is 469 g/mol. The zero-order valence-corrected chi connectivity index (χ0v) is 18.7. The van der Waals surface area contributed by atoms with E-state index in [4.69, 9.17) is 21.7 Å². The lowest BCUT2D eigenvalue weighted by Crippen LogP contribution is -2.42. The fraction of sp³-hybridized carbons (Fsp3) is 0.182. The maximum Gasteiger partial charge on any atom is 0.266 e. The standard InChI is InChI=1S/C22H19N3O5S2/c1-13-2-5-15(6-3-13)24-19(26)10-23-20(27)11-25-21(28)18(32-22(25)31)9-14-4-7-16-17(8-14)30-12-29-16/h2-9H,10-12H2,1H3,(H,23,27)(H,24,26). The van der Waals surface area contributed by atoms with Gasteiger partial charge in [-0.1, -0.05) is 47.7 Å². The Morgan fingerprint density at radius 1 is 1.12 bits per heavy atom. The van der Waals surface area contributed by atoms with Crippen LogP contribution in [0.1, 0.15) is 11.1 Å². The van der Waals surface area contributed by atoms with Gasteiger partial charge in [-0.2, -0.15) is 0 Å². The first-order valence-corrected chi connectivity index (χ1v) is 10.9. The van der Waals surface area contributed by atoms with Crippen LogP contribution in [0.4, 0.5) is 5.69 Å². The van der Waals surface area contributed by atoms with Gasteiger partial charge in [0.2, 0.25) is 18.6 Å². The second-order valence-corrected chi connectivity index (χ2v) is 8.75. The van der Waals surface area contributed by atoms with E-state index in [1.807, 2.05) is 19.1 Å². The SMILES string of the molecule is Cc1ccc(NC(=O)CNC(=O)CN2C(=O)C(=Cc3ccc4c(c3)OCO4)SC2=S)cc1. The van der Waals surface area contributed by atoms with Gasteiger partial charge >= 0.3 is 0 Å². The van der Waals surface area contributed by atoms with Gasteiger partial charge in [-0.05, 0) is 42.8 Å². The molecule has 0 aliphatic carbocycles. The van der Waals surface area contributed by atoms with Gasteiger partial charge in [-0.3, -0.25) is 19.3 Å². The van der Waals surface area contributed by atoms with Crippen molar-refractivity contribution in [2.75, 3.05) is 25.2 Å². The summed E-state index contributed by atoms with van der Waals surface area (Å²) < 4.78 is 10.9. The van der Waals surface area contributed by atoms with Crippen LogP contribution in [0.5, 0.6) is 11.5 Å². The molecule has 10 heteroatoms. The van der Waals surface area contributed by atoms with Crippen molar-refractivity contribution in [1.82, 2.24) is 10.2 Å². The van der Waals surface area contributed by atoms with Gasteiger partial charge in [-0.15, -0.1) is 0 Å². The van der Waals surface area contributed by atoms with E-state index in [2.05, 4.69) is 10.6 Å². The van der Waals surface area contributed by atoms with E-state index in [-0.39, 0.29) is 36.0 Å². The van der Waals surface area contributed by atoms with Crippen LogP contribution >= 0.6 is 24.0 Å². The molecule has 32 heavy (non-hydrogen) atoms. The lowest BCUT2D eigenvalue weighted by Gasteiger charge is -2.14. The van der Waals surface area contributed by atoms with Gasteiger partial charge in [0.15, 0.2) is 11.5 Å². The van der Waals surface area contributed by atoms with Crippen molar-refractivity contribution in [3.05, 3.63) is 58.5 Å². The zero-order valence-electron chi connectivity index (χ0n) is 17.0. The van der Waals surface area contributed by atoms with E-state index in [0.717, 1.165) is 22.9 Å². The number of anilines is 1. The van der Waals surface area contributed by atoms with Crippen molar-refractivity contribution < 1.29 is 23.9 Å². The molecule has 0 bridgehead atoms. The number of nitrogens with one attached hydrogen (secondary N) is 2. The molecule has 0 radical (unpaired) electrons. The Kier molecular flexibility index (Phi) is 6.42. The minimum atomic E-state index is -0.482. The molecule has 2 heterocycles. The summed E-state index contributed by atoms with van der Waals surface area (Å²) in [5, 5.41) is 5.21. The second kappa shape index (κ2) is 9.41. The third kappa shape index (κ3) is 5.09. The van der Waals surface area contributed by atoms with Gasteiger partial charge in [0.1, 0.15) is 10.9 Å². The number of benzene rings is 2. The molecule has 2 aliphatic rings. The average Bonchev–Trinajstić information content (AvgIpc) is 3.33. The van der Waals surface area contributed by atoms with Crippen molar-refractivity contribution in [2.24, 2.45) is 0 Å². The van der Waals surface area contributed by atoms with E-state index >= 15 is 0 Å². The number of amides is 3. The number of hydrogen-bond donors (Lipinski definition) is 2. The molecule has 2 N–H and O–H groups in total. The number of carbonyl (C=O) groups excluding carboxylic acids is 3. The number of thiocarbonyl (C=S) groups is 1. The number of fused-ring (bicyclic) bond motifs is 1. The van der Waals surface area contributed by atoms with E-state index in [0.29, 0.717) is 22.1 Å². The van der Waals surface area contributed by atoms with Crippen molar-refractivity contribution in [3.8, 4) is 11.5 Å². The van der Waals surface area contributed by atoms with Crippen LogP contribution in [0.15, 0.2) is 47.4 Å². The Balaban J connectivity index is 1.31. The predicted octanol–water partition coefficient (Wildman–Crippen LogP) is 2.68. The number of aryl methyl sites for hydroxylation is 1. The Hall–Kier alpha value is -3.37. The van der Waals surface area contributed by atoms with Gasteiger partial charge in [-0.25, -0.2) is 0 Å². The lowest BCUT2D eigenvalue weighted by atomic mass is 10.2. The van der Waals surface area contributed by atoms with Crippen LogP contribution in [-0.4, -0.2) is 46.8 Å². The normalized spacial score (nSPS) is 15.9. The molecule has 3 amide bonds.